The second-order valence-corrected chi connectivity index (χ2v) is 15.6. The summed E-state index contributed by atoms with van der Waals surface area (Å²) in [5.41, 5.74) is -4.14. The van der Waals surface area contributed by atoms with Crippen molar-refractivity contribution >= 4 is 19.8 Å². The molecule has 0 saturated carbocycles. The van der Waals surface area contributed by atoms with Gasteiger partial charge in [-0.2, -0.15) is 0 Å². The van der Waals surface area contributed by atoms with Crippen LogP contribution in [0.3, 0.4) is 0 Å². The summed E-state index contributed by atoms with van der Waals surface area (Å²) in [5, 5.41) is 9.84. The van der Waals surface area contributed by atoms with Gasteiger partial charge in [-0.25, -0.2) is 14.2 Å². The molecule has 0 unspecified atom stereocenters. The summed E-state index contributed by atoms with van der Waals surface area (Å²) in [6.07, 6.45) is 0.218. The van der Waals surface area contributed by atoms with Crippen molar-refractivity contribution < 1.29 is 42.3 Å². The van der Waals surface area contributed by atoms with Gasteiger partial charge in [0.25, 0.3) is 0 Å². The van der Waals surface area contributed by atoms with Crippen LogP contribution in [0.5, 0.6) is 5.75 Å². The number of carbonyl (C=O) groups excluding carboxylic acids is 2. The van der Waals surface area contributed by atoms with Crippen LogP contribution in [0, 0.1) is 0 Å². The molecule has 0 atom stereocenters. The van der Waals surface area contributed by atoms with Crippen LogP contribution in [0.4, 0.5) is 0 Å². The minimum atomic E-state index is -4.35. The summed E-state index contributed by atoms with van der Waals surface area (Å²) >= 11 is 0. The van der Waals surface area contributed by atoms with Crippen molar-refractivity contribution in [2.75, 3.05) is 6.61 Å². The number of phosphoric ester groups is 1. The molecule has 9 nitrogen and oxygen atoms in total. The lowest BCUT2D eigenvalue weighted by Crippen LogP contribution is -2.30. The average Bonchev–Trinajstić information content (AvgIpc) is 2.60. The first-order valence-corrected chi connectivity index (χ1v) is 14.6. The molecule has 0 spiro atoms. The molecule has 0 bridgehead atoms. The third-order valence-corrected chi connectivity index (χ3v) is 6.71. The van der Waals surface area contributed by atoms with Crippen molar-refractivity contribution in [2.45, 2.75) is 131 Å². The van der Waals surface area contributed by atoms with Gasteiger partial charge >= 0.3 is 19.8 Å². The summed E-state index contributed by atoms with van der Waals surface area (Å²) in [6.45, 7) is 23.9. The molecule has 0 aliphatic carbocycles. The van der Waals surface area contributed by atoms with Crippen molar-refractivity contribution in [3.8, 4) is 5.75 Å². The highest BCUT2D eigenvalue weighted by molar-refractivity contribution is 7.49. The van der Waals surface area contributed by atoms with Gasteiger partial charge < -0.3 is 19.1 Å². The van der Waals surface area contributed by atoms with Crippen molar-refractivity contribution in [2.24, 2.45) is 0 Å². The van der Waals surface area contributed by atoms with Crippen LogP contribution >= 0.6 is 7.82 Å². The Bertz CT molecular complexity index is 1060. The molecule has 1 aromatic carbocycles. The molecule has 0 amide bonds. The highest BCUT2D eigenvalue weighted by Crippen LogP contribution is 2.57. The fourth-order valence-corrected chi connectivity index (χ4v) is 5.42. The Morgan fingerprint density at radius 2 is 1.15 bits per heavy atom. The van der Waals surface area contributed by atoms with Crippen LogP contribution in [0.2, 0.25) is 0 Å². The zero-order chi connectivity index (χ0) is 30.8. The summed E-state index contributed by atoms with van der Waals surface area (Å²) in [5.74, 6) is -1.51. The van der Waals surface area contributed by atoms with E-state index in [4.69, 9.17) is 23.0 Å². The molecule has 0 heterocycles. The lowest BCUT2D eigenvalue weighted by Gasteiger charge is -2.34. The van der Waals surface area contributed by atoms with Gasteiger partial charge in [0.05, 0.1) is 22.3 Å². The number of hydrogen-bond acceptors (Lipinski definition) is 9. The molecule has 0 fully saturated rings. The van der Waals surface area contributed by atoms with Crippen LogP contribution in [-0.2, 0) is 28.5 Å². The molecule has 1 N–H and O–H groups in total. The lowest BCUT2D eigenvalue weighted by atomic mass is 9.78. The van der Waals surface area contributed by atoms with E-state index in [0.29, 0.717) is 0 Å². The van der Waals surface area contributed by atoms with Gasteiger partial charge in [0.2, 0.25) is 0 Å². The van der Waals surface area contributed by atoms with Gasteiger partial charge in [0.1, 0.15) is 17.0 Å². The Kier molecular flexibility index (Phi) is 10.7. The van der Waals surface area contributed by atoms with Gasteiger partial charge in [-0.1, -0.05) is 13.8 Å². The number of carbonyl (C=O) groups is 2. The second kappa shape index (κ2) is 11.9. The molecule has 10 heteroatoms. The van der Waals surface area contributed by atoms with Gasteiger partial charge in [-0.05, 0) is 107 Å². The molecular weight excluding hydrogens is 523 g/mol. The number of hydrogen-bond donors (Lipinski definition) is 1. The van der Waals surface area contributed by atoms with Gasteiger partial charge in [0, 0.05) is 12.2 Å². The Morgan fingerprint density at radius 3 is 1.54 bits per heavy atom. The molecule has 0 radical (unpaired) electrons. The first kappa shape index (κ1) is 35.1. The van der Waals surface area contributed by atoms with Crippen molar-refractivity contribution in [1.82, 2.24) is 0 Å². The van der Waals surface area contributed by atoms with E-state index < -0.39 is 47.6 Å². The summed E-state index contributed by atoms with van der Waals surface area (Å²) in [7, 11) is -4.35. The standard InChI is InChI=1S/C29H49O9P/c1-25(2,3)34-23(31)19-17-20(24(32)35-26(4,5)6)22(29(13,14)15-16-30)21(18-19)36-39(33,37-27(7,8)9)38-28(10,11)12/h17-18,30H,15-16H2,1-14H3. The zero-order valence-electron chi connectivity index (χ0n) is 26.2. The lowest BCUT2D eigenvalue weighted by molar-refractivity contribution is 0.00592. The molecule has 0 saturated heterocycles. The SMILES string of the molecule is CC(C)(C)OC(=O)c1cc(OP(=O)(OC(C)(C)C)OC(C)(C)C)c(C(C)(C)CCO)c(C(=O)OC(C)(C)C)c1. The first-order valence-electron chi connectivity index (χ1n) is 13.1. The van der Waals surface area contributed by atoms with Crippen LogP contribution in [0.25, 0.3) is 0 Å². The number of benzene rings is 1. The third kappa shape index (κ3) is 12.0. The molecule has 0 aliphatic rings. The molecule has 39 heavy (non-hydrogen) atoms. The van der Waals surface area contributed by atoms with Crippen LogP contribution in [0.15, 0.2) is 12.1 Å². The van der Waals surface area contributed by atoms with E-state index >= 15 is 0 Å². The molecule has 0 aliphatic heterocycles. The van der Waals surface area contributed by atoms with E-state index in [-0.39, 0.29) is 35.5 Å². The van der Waals surface area contributed by atoms with Crippen molar-refractivity contribution in [1.29, 1.82) is 0 Å². The number of ether oxygens (including phenoxy) is 2. The Balaban J connectivity index is 4.10. The summed E-state index contributed by atoms with van der Waals surface area (Å²) in [4.78, 5) is 26.7. The fourth-order valence-electron chi connectivity index (χ4n) is 3.59. The minimum Gasteiger partial charge on any atom is -0.456 e. The molecule has 1 rings (SSSR count). The molecule has 0 aromatic heterocycles. The average molecular weight is 573 g/mol. The highest BCUT2D eigenvalue weighted by atomic mass is 31.2. The van der Waals surface area contributed by atoms with Gasteiger partial charge in [-0.3, -0.25) is 9.05 Å². The summed E-state index contributed by atoms with van der Waals surface area (Å²) in [6, 6.07) is 2.74. The Hall–Kier alpha value is -1.93. The topological polar surface area (TPSA) is 118 Å². The van der Waals surface area contributed by atoms with Crippen LogP contribution in [-0.4, -0.2) is 46.1 Å². The quantitative estimate of drug-likeness (QED) is 0.239. The minimum absolute atomic E-state index is 0.0117. The normalized spacial score (nSPS) is 13.7. The third-order valence-electron chi connectivity index (χ3n) is 4.75. The number of aliphatic hydroxyl groups is 1. The number of phosphoric acid groups is 1. The maximum absolute atomic E-state index is 14.1. The fraction of sp³-hybridized carbons (Fsp3) is 0.724. The molecule has 1 aromatic rings. The van der Waals surface area contributed by atoms with E-state index in [1.165, 1.54) is 12.1 Å². The maximum atomic E-state index is 14.1. The Labute approximate surface area is 234 Å². The van der Waals surface area contributed by atoms with E-state index in [1.807, 2.05) is 0 Å². The van der Waals surface area contributed by atoms with Gasteiger partial charge in [-0.15, -0.1) is 0 Å². The van der Waals surface area contributed by atoms with Gasteiger partial charge in [0.15, 0.2) is 0 Å². The van der Waals surface area contributed by atoms with E-state index in [1.54, 1.807) is 96.9 Å². The van der Waals surface area contributed by atoms with Crippen LogP contribution in [0.1, 0.15) is 130 Å². The molecule has 224 valence electrons. The maximum Gasteiger partial charge on any atom is 0.531 e. The van der Waals surface area contributed by atoms with E-state index in [0.717, 1.165) is 0 Å². The zero-order valence-corrected chi connectivity index (χ0v) is 27.1. The number of rotatable bonds is 9. The first-order chi connectivity index (χ1) is 17.2. The summed E-state index contributed by atoms with van der Waals surface area (Å²) < 4.78 is 43.1. The van der Waals surface area contributed by atoms with Crippen molar-refractivity contribution in [3.05, 3.63) is 28.8 Å². The largest absolute Gasteiger partial charge is 0.531 e. The Morgan fingerprint density at radius 1 is 0.718 bits per heavy atom. The number of aliphatic hydroxyl groups excluding tert-OH is 1. The highest BCUT2D eigenvalue weighted by Gasteiger charge is 2.42. The monoisotopic (exact) mass is 572 g/mol. The van der Waals surface area contributed by atoms with E-state index in [9.17, 15) is 19.3 Å². The smallest absolute Gasteiger partial charge is 0.456 e. The van der Waals surface area contributed by atoms with Crippen LogP contribution < -0.4 is 4.52 Å². The predicted molar refractivity (Wildman–Crippen MR) is 151 cm³/mol. The predicted octanol–water partition coefficient (Wildman–Crippen LogP) is 7.37. The number of esters is 2. The second-order valence-electron chi connectivity index (χ2n) is 14.2. The van der Waals surface area contributed by atoms with Crippen molar-refractivity contribution in [3.63, 3.8) is 0 Å². The van der Waals surface area contributed by atoms with E-state index in [2.05, 4.69) is 0 Å². The molecular formula is C29H49O9P.